The van der Waals surface area contributed by atoms with Crippen LogP contribution in [0.3, 0.4) is 0 Å². The molecule has 0 aliphatic heterocycles. The molecule has 2 N–H and O–H groups in total. The summed E-state index contributed by atoms with van der Waals surface area (Å²) in [6, 6.07) is 18.3. The zero-order valence-electron chi connectivity index (χ0n) is 20.1. The van der Waals surface area contributed by atoms with Crippen molar-refractivity contribution in [3.8, 4) is 0 Å². The lowest BCUT2D eigenvalue weighted by Gasteiger charge is -2.21. The van der Waals surface area contributed by atoms with E-state index in [-0.39, 0.29) is 23.7 Å². The van der Waals surface area contributed by atoms with Crippen LogP contribution in [-0.2, 0) is 32.7 Å². The number of hydrogen-bond donors (Lipinski definition) is 2. The van der Waals surface area contributed by atoms with Gasteiger partial charge in [-0.05, 0) is 62.7 Å². The number of nitrogens with one attached hydrogen (secondary N) is 2. The van der Waals surface area contributed by atoms with Crippen LogP contribution in [-0.4, -0.2) is 36.3 Å². The van der Waals surface area contributed by atoms with Crippen molar-refractivity contribution in [2.24, 2.45) is 5.10 Å². The highest BCUT2D eigenvalue weighted by atomic mass is 35.5. The average molecular weight is 531 g/mol. The van der Waals surface area contributed by atoms with Crippen molar-refractivity contribution < 1.29 is 22.4 Å². The molecule has 0 aliphatic rings. The number of hydrazone groups is 1. The largest absolute Gasteiger partial charge is 0.459 e. The van der Waals surface area contributed by atoms with Crippen molar-refractivity contribution in [3.05, 3.63) is 88.8 Å². The summed E-state index contributed by atoms with van der Waals surface area (Å²) in [5.41, 5.74) is 2.37. The number of halogens is 1. The van der Waals surface area contributed by atoms with E-state index in [9.17, 15) is 18.0 Å². The van der Waals surface area contributed by atoms with Crippen LogP contribution < -0.4 is 10.7 Å². The molecule has 0 fully saturated rings. The Labute approximate surface area is 215 Å². The van der Waals surface area contributed by atoms with E-state index in [1.807, 2.05) is 30.3 Å². The number of nitrogens with zero attached hydrogens (tertiary/aromatic N) is 2. The maximum Gasteiger partial charge on any atom is 0.329 e. The highest BCUT2D eigenvalue weighted by Crippen LogP contribution is 2.23. The number of hydrogen-bond acceptors (Lipinski definition) is 6. The molecule has 0 saturated heterocycles. The van der Waals surface area contributed by atoms with Gasteiger partial charge in [-0.3, -0.25) is 9.59 Å². The minimum atomic E-state index is -3.88. The maximum absolute atomic E-state index is 13.4. The molecule has 3 rings (SSSR count). The first-order valence-corrected chi connectivity index (χ1v) is 12.8. The van der Waals surface area contributed by atoms with Crippen molar-refractivity contribution in [1.82, 2.24) is 15.0 Å². The van der Waals surface area contributed by atoms with Crippen LogP contribution in [0.2, 0.25) is 5.02 Å². The number of sulfonamides is 1. The van der Waals surface area contributed by atoms with Gasteiger partial charge in [0.05, 0.1) is 17.7 Å². The van der Waals surface area contributed by atoms with Gasteiger partial charge in [-0.2, -0.15) is 9.41 Å². The second-order valence-corrected chi connectivity index (χ2v) is 11.3. The van der Waals surface area contributed by atoms with Crippen molar-refractivity contribution in [3.63, 3.8) is 0 Å². The van der Waals surface area contributed by atoms with E-state index in [1.165, 1.54) is 34.8 Å². The third-order valence-corrected chi connectivity index (χ3v) is 6.78. The number of carbonyl (C=O) groups excluding carboxylic acids is 2. The molecule has 0 atom stereocenters. The summed E-state index contributed by atoms with van der Waals surface area (Å²) in [4.78, 5) is 23.8. The minimum Gasteiger partial charge on any atom is -0.459 e. The minimum absolute atomic E-state index is 0.0476. The molecule has 2 aromatic carbocycles. The van der Waals surface area contributed by atoms with Crippen LogP contribution in [0.1, 0.15) is 37.9 Å². The SMILES string of the molecule is CC(C)(C)NC(=O)C(=O)N/N=C/c1ccc(CN(Cc2ccccc2)S(=O)(=O)c2ccc(Cl)cc2)o1. The van der Waals surface area contributed by atoms with Crippen molar-refractivity contribution >= 4 is 39.7 Å². The lowest BCUT2D eigenvalue weighted by atomic mass is 10.1. The van der Waals surface area contributed by atoms with E-state index in [1.54, 1.807) is 32.9 Å². The number of rotatable bonds is 8. The normalized spacial score (nSPS) is 12.1. The molecule has 0 bridgehead atoms. The van der Waals surface area contributed by atoms with Crippen LogP contribution in [0.5, 0.6) is 0 Å². The molecule has 0 unspecified atom stereocenters. The van der Waals surface area contributed by atoms with Crippen LogP contribution in [0, 0.1) is 0 Å². The van der Waals surface area contributed by atoms with Crippen LogP contribution in [0.15, 0.2) is 81.1 Å². The molecule has 0 saturated carbocycles. The molecular formula is C25H27ClN4O5S. The second kappa shape index (κ2) is 11.5. The number of furan rings is 1. The quantitative estimate of drug-likeness (QED) is 0.261. The van der Waals surface area contributed by atoms with Gasteiger partial charge in [0.25, 0.3) is 0 Å². The molecule has 0 spiro atoms. The molecule has 3 aromatic rings. The summed E-state index contributed by atoms with van der Waals surface area (Å²) in [6.07, 6.45) is 1.22. The first-order chi connectivity index (χ1) is 16.9. The first-order valence-electron chi connectivity index (χ1n) is 11.0. The van der Waals surface area contributed by atoms with Gasteiger partial charge in [0.2, 0.25) is 10.0 Å². The molecule has 0 aliphatic carbocycles. The van der Waals surface area contributed by atoms with Gasteiger partial charge >= 0.3 is 11.8 Å². The highest BCUT2D eigenvalue weighted by Gasteiger charge is 2.26. The predicted molar refractivity (Wildman–Crippen MR) is 137 cm³/mol. The van der Waals surface area contributed by atoms with E-state index in [2.05, 4.69) is 15.8 Å². The van der Waals surface area contributed by atoms with E-state index >= 15 is 0 Å². The Morgan fingerprint density at radius 2 is 1.64 bits per heavy atom. The molecule has 1 aromatic heterocycles. The summed E-state index contributed by atoms with van der Waals surface area (Å²) < 4.78 is 33.8. The van der Waals surface area contributed by atoms with Gasteiger partial charge in [-0.25, -0.2) is 13.8 Å². The lowest BCUT2D eigenvalue weighted by Crippen LogP contribution is -2.47. The van der Waals surface area contributed by atoms with Gasteiger partial charge in [0, 0.05) is 17.1 Å². The monoisotopic (exact) mass is 530 g/mol. The van der Waals surface area contributed by atoms with Crippen molar-refractivity contribution in [2.45, 2.75) is 44.3 Å². The third kappa shape index (κ3) is 7.77. The summed E-state index contributed by atoms with van der Waals surface area (Å²) in [6.45, 7) is 5.32. The van der Waals surface area contributed by atoms with Crippen molar-refractivity contribution in [1.29, 1.82) is 0 Å². The van der Waals surface area contributed by atoms with Crippen LogP contribution in [0.25, 0.3) is 0 Å². The highest BCUT2D eigenvalue weighted by molar-refractivity contribution is 7.89. The summed E-state index contributed by atoms with van der Waals surface area (Å²) in [7, 11) is -3.88. The van der Waals surface area contributed by atoms with E-state index in [0.717, 1.165) is 5.56 Å². The fourth-order valence-electron chi connectivity index (χ4n) is 3.09. The Hall–Kier alpha value is -3.47. The van der Waals surface area contributed by atoms with E-state index in [4.69, 9.17) is 16.0 Å². The molecule has 9 nitrogen and oxygen atoms in total. The van der Waals surface area contributed by atoms with E-state index < -0.39 is 27.4 Å². The lowest BCUT2D eigenvalue weighted by molar-refractivity contribution is -0.140. The summed E-state index contributed by atoms with van der Waals surface area (Å²) in [5.74, 6) is -1.11. The third-order valence-electron chi connectivity index (χ3n) is 4.72. The van der Waals surface area contributed by atoms with Crippen molar-refractivity contribution in [2.75, 3.05) is 0 Å². The van der Waals surface area contributed by atoms with Crippen LogP contribution >= 0.6 is 11.6 Å². The number of amides is 2. The number of carbonyl (C=O) groups is 2. The molecule has 190 valence electrons. The molecule has 36 heavy (non-hydrogen) atoms. The smallest absolute Gasteiger partial charge is 0.329 e. The summed E-state index contributed by atoms with van der Waals surface area (Å²) >= 11 is 5.93. The molecule has 1 heterocycles. The standard InChI is InChI=1S/C25H27ClN4O5S/c1-25(2,3)28-23(31)24(32)29-27-15-20-11-12-21(35-20)17-30(16-18-7-5-4-6-8-18)36(33,34)22-13-9-19(26)10-14-22/h4-15H,16-17H2,1-3H3,(H,28,31)(H,29,32)/b27-15+. The van der Waals surface area contributed by atoms with Crippen LogP contribution in [0.4, 0.5) is 0 Å². The van der Waals surface area contributed by atoms with E-state index in [0.29, 0.717) is 10.8 Å². The molecular weight excluding hydrogens is 504 g/mol. The summed E-state index contributed by atoms with van der Waals surface area (Å²) in [5, 5.41) is 6.69. The van der Waals surface area contributed by atoms with Gasteiger partial charge in [0.15, 0.2) is 0 Å². The Kier molecular flexibility index (Phi) is 8.67. The predicted octanol–water partition coefficient (Wildman–Crippen LogP) is 3.69. The number of benzene rings is 2. The topological polar surface area (TPSA) is 121 Å². The van der Waals surface area contributed by atoms with Gasteiger partial charge < -0.3 is 9.73 Å². The first kappa shape index (κ1) is 27.1. The Morgan fingerprint density at radius 3 is 2.28 bits per heavy atom. The molecule has 11 heteroatoms. The Bertz CT molecular complexity index is 1330. The fourth-order valence-corrected chi connectivity index (χ4v) is 4.61. The molecule has 0 radical (unpaired) electrons. The zero-order valence-corrected chi connectivity index (χ0v) is 21.6. The average Bonchev–Trinajstić information content (AvgIpc) is 3.25. The Balaban J connectivity index is 1.74. The van der Waals surface area contributed by atoms with Gasteiger partial charge in [0.1, 0.15) is 11.5 Å². The Morgan fingerprint density at radius 1 is 0.972 bits per heavy atom. The zero-order chi connectivity index (χ0) is 26.3. The van der Waals surface area contributed by atoms with Gasteiger partial charge in [-0.1, -0.05) is 41.9 Å². The fraction of sp³-hybridized carbons (Fsp3) is 0.240. The molecule has 2 amide bonds. The maximum atomic E-state index is 13.4. The van der Waals surface area contributed by atoms with Gasteiger partial charge in [-0.15, -0.1) is 0 Å². The second-order valence-electron chi connectivity index (χ2n) is 8.92.